The molecule has 0 saturated heterocycles. The molecule has 0 spiro atoms. The Morgan fingerprint density at radius 1 is 1.57 bits per heavy atom. The molecule has 0 aliphatic rings. The molecule has 2 N–H and O–H groups in total. The smallest absolute Gasteiger partial charge is 0.237 e. The van der Waals surface area contributed by atoms with E-state index in [0.717, 1.165) is 6.42 Å². The maximum Gasteiger partial charge on any atom is 0.237 e. The molecule has 78 valence electrons. The number of halogens is 1. The average molecular weight is 215 g/mol. The normalized spacial score (nSPS) is 10.6. The lowest BCUT2D eigenvalue weighted by Gasteiger charge is -2.08. The summed E-state index contributed by atoms with van der Waals surface area (Å²) in [5.74, 6) is 1.08. The van der Waals surface area contributed by atoms with Gasteiger partial charge in [0.25, 0.3) is 0 Å². The van der Waals surface area contributed by atoms with Crippen molar-refractivity contribution < 1.29 is 4.74 Å². The second-order valence-electron chi connectivity index (χ2n) is 3.58. The molecule has 1 rings (SSSR count). The topological polar surface area (TPSA) is 48.1 Å². The van der Waals surface area contributed by atoms with Crippen molar-refractivity contribution in [3.63, 3.8) is 0 Å². The number of anilines is 1. The Morgan fingerprint density at radius 3 is 2.86 bits per heavy atom. The standard InChI is InChI=1S/C10H15ClN2O/c1-7(2)3-4-14-10-9(12)5-8(11)6-13-10/h5-7H,3-4,12H2,1-2H3. The fourth-order valence-electron chi connectivity index (χ4n) is 0.954. The number of ether oxygens (including phenoxy) is 1. The molecule has 0 aliphatic heterocycles. The van der Waals surface area contributed by atoms with E-state index in [9.17, 15) is 0 Å². The number of nitrogens with zero attached hydrogens (tertiary/aromatic N) is 1. The van der Waals surface area contributed by atoms with Gasteiger partial charge in [-0.15, -0.1) is 0 Å². The molecule has 4 heteroatoms. The molecular weight excluding hydrogens is 200 g/mol. The predicted octanol–water partition coefficient (Wildman–Crippen LogP) is 2.74. The van der Waals surface area contributed by atoms with E-state index >= 15 is 0 Å². The van der Waals surface area contributed by atoms with E-state index in [4.69, 9.17) is 22.1 Å². The van der Waals surface area contributed by atoms with E-state index < -0.39 is 0 Å². The summed E-state index contributed by atoms with van der Waals surface area (Å²) < 4.78 is 5.41. The molecule has 0 unspecified atom stereocenters. The van der Waals surface area contributed by atoms with Crippen LogP contribution in [0.1, 0.15) is 20.3 Å². The molecule has 0 fully saturated rings. The summed E-state index contributed by atoms with van der Waals surface area (Å²) in [5, 5.41) is 0.527. The molecule has 1 heterocycles. The third-order valence-electron chi connectivity index (χ3n) is 1.78. The molecule has 0 bridgehead atoms. The van der Waals surface area contributed by atoms with Gasteiger partial charge in [0.2, 0.25) is 5.88 Å². The maximum absolute atomic E-state index is 5.70. The molecule has 0 aliphatic carbocycles. The van der Waals surface area contributed by atoms with E-state index in [0.29, 0.717) is 29.1 Å². The SMILES string of the molecule is CC(C)CCOc1ncc(Cl)cc1N. The van der Waals surface area contributed by atoms with Gasteiger partial charge in [-0.05, 0) is 18.4 Å². The van der Waals surface area contributed by atoms with Crippen LogP contribution in [-0.2, 0) is 0 Å². The minimum atomic E-state index is 0.468. The van der Waals surface area contributed by atoms with Gasteiger partial charge in [0.15, 0.2) is 0 Å². The first-order valence-corrected chi connectivity index (χ1v) is 5.01. The number of aromatic nitrogens is 1. The molecular formula is C10H15ClN2O. The zero-order chi connectivity index (χ0) is 10.6. The summed E-state index contributed by atoms with van der Waals surface area (Å²) in [4.78, 5) is 4.00. The van der Waals surface area contributed by atoms with Crippen LogP contribution >= 0.6 is 11.6 Å². The van der Waals surface area contributed by atoms with Crippen LogP contribution in [0.2, 0.25) is 5.02 Å². The maximum atomic E-state index is 5.70. The van der Waals surface area contributed by atoms with Crippen molar-refractivity contribution in [1.82, 2.24) is 4.98 Å². The van der Waals surface area contributed by atoms with Crippen molar-refractivity contribution in [2.45, 2.75) is 20.3 Å². The van der Waals surface area contributed by atoms with Crippen molar-refractivity contribution in [1.29, 1.82) is 0 Å². The fraction of sp³-hybridized carbons (Fsp3) is 0.500. The van der Waals surface area contributed by atoms with Gasteiger partial charge in [-0.3, -0.25) is 0 Å². The van der Waals surface area contributed by atoms with Gasteiger partial charge in [0, 0.05) is 6.20 Å². The van der Waals surface area contributed by atoms with Crippen LogP contribution in [-0.4, -0.2) is 11.6 Å². The summed E-state index contributed by atoms with van der Waals surface area (Å²) in [6, 6.07) is 1.64. The average Bonchev–Trinajstić information content (AvgIpc) is 2.08. The van der Waals surface area contributed by atoms with Crippen LogP contribution in [0, 0.1) is 5.92 Å². The van der Waals surface area contributed by atoms with Crippen molar-refractivity contribution in [2.24, 2.45) is 5.92 Å². The Bertz CT molecular complexity index is 302. The van der Waals surface area contributed by atoms with Crippen LogP contribution in [0.5, 0.6) is 5.88 Å². The number of nitrogen functional groups attached to an aromatic ring is 1. The van der Waals surface area contributed by atoms with Gasteiger partial charge in [0.05, 0.1) is 17.3 Å². The first-order valence-electron chi connectivity index (χ1n) is 4.63. The van der Waals surface area contributed by atoms with Crippen molar-refractivity contribution in [3.05, 3.63) is 17.3 Å². The first-order chi connectivity index (χ1) is 6.59. The van der Waals surface area contributed by atoms with Crippen LogP contribution < -0.4 is 10.5 Å². The Kier molecular flexibility index (Phi) is 4.01. The van der Waals surface area contributed by atoms with E-state index in [1.807, 2.05) is 0 Å². The highest BCUT2D eigenvalue weighted by Crippen LogP contribution is 2.21. The molecule has 14 heavy (non-hydrogen) atoms. The van der Waals surface area contributed by atoms with Gasteiger partial charge in [0.1, 0.15) is 0 Å². The second-order valence-corrected chi connectivity index (χ2v) is 4.02. The van der Waals surface area contributed by atoms with Gasteiger partial charge in [-0.2, -0.15) is 0 Å². The van der Waals surface area contributed by atoms with Crippen LogP contribution in [0.4, 0.5) is 5.69 Å². The molecule has 3 nitrogen and oxygen atoms in total. The minimum absolute atomic E-state index is 0.468. The van der Waals surface area contributed by atoms with E-state index in [1.54, 1.807) is 6.07 Å². The molecule has 1 aromatic heterocycles. The van der Waals surface area contributed by atoms with E-state index in [2.05, 4.69) is 18.8 Å². The summed E-state index contributed by atoms with van der Waals surface area (Å²) >= 11 is 5.70. The largest absolute Gasteiger partial charge is 0.476 e. The number of pyridine rings is 1. The fourth-order valence-corrected chi connectivity index (χ4v) is 1.12. The van der Waals surface area contributed by atoms with Crippen molar-refractivity contribution >= 4 is 17.3 Å². The third kappa shape index (κ3) is 3.42. The zero-order valence-electron chi connectivity index (χ0n) is 8.46. The summed E-state index contributed by atoms with van der Waals surface area (Å²) in [6.45, 7) is 4.92. The van der Waals surface area contributed by atoms with Crippen LogP contribution in [0.15, 0.2) is 12.3 Å². The van der Waals surface area contributed by atoms with Gasteiger partial charge >= 0.3 is 0 Å². The quantitative estimate of drug-likeness (QED) is 0.839. The van der Waals surface area contributed by atoms with E-state index in [1.165, 1.54) is 6.20 Å². The Hall–Kier alpha value is -0.960. The zero-order valence-corrected chi connectivity index (χ0v) is 9.21. The highest BCUT2D eigenvalue weighted by molar-refractivity contribution is 6.30. The predicted molar refractivity (Wildman–Crippen MR) is 58.6 cm³/mol. The lowest BCUT2D eigenvalue weighted by molar-refractivity contribution is 0.281. The van der Waals surface area contributed by atoms with Gasteiger partial charge in [-0.1, -0.05) is 25.4 Å². The van der Waals surface area contributed by atoms with Crippen LogP contribution in [0.25, 0.3) is 0 Å². The Labute approximate surface area is 89.2 Å². The molecule has 0 amide bonds. The molecule has 0 aromatic carbocycles. The molecule has 0 saturated carbocycles. The monoisotopic (exact) mass is 214 g/mol. The highest BCUT2D eigenvalue weighted by Gasteiger charge is 2.03. The minimum Gasteiger partial charge on any atom is -0.476 e. The molecule has 0 atom stereocenters. The molecule has 1 aromatic rings. The third-order valence-corrected chi connectivity index (χ3v) is 1.99. The number of hydrogen-bond acceptors (Lipinski definition) is 3. The van der Waals surface area contributed by atoms with Crippen molar-refractivity contribution in [2.75, 3.05) is 12.3 Å². The second kappa shape index (κ2) is 5.05. The summed E-state index contributed by atoms with van der Waals surface area (Å²) in [5.41, 5.74) is 6.15. The number of hydrogen-bond donors (Lipinski definition) is 1. The first kappa shape index (κ1) is 11.1. The van der Waals surface area contributed by atoms with Crippen molar-refractivity contribution in [3.8, 4) is 5.88 Å². The molecule has 0 radical (unpaired) electrons. The van der Waals surface area contributed by atoms with Gasteiger partial charge < -0.3 is 10.5 Å². The Balaban J connectivity index is 2.51. The number of rotatable bonds is 4. The highest BCUT2D eigenvalue weighted by atomic mass is 35.5. The summed E-state index contributed by atoms with van der Waals surface area (Å²) in [7, 11) is 0. The lowest BCUT2D eigenvalue weighted by atomic mass is 10.1. The Morgan fingerprint density at radius 2 is 2.29 bits per heavy atom. The van der Waals surface area contributed by atoms with Crippen LogP contribution in [0.3, 0.4) is 0 Å². The van der Waals surface area contributed by atoms with Gasteiger partial charge in [-0.25, -0.2) is 4.98 Å². The number of nitrogens with two attached hydrogens (primary N) is 1. The lowest BCUT2D eigenvalue weighted by Crippen LogP contribution is -2.04. The summed E-state index contributed by atoms with van der Waals surface area (Å²) in [6.07, 6.45) is 2.52. The van der Waals surface area contributed by atoms with E-state index in [-0.39, 0.29) is 0 Å².